The first-order valence-electron chi connectivity index (χ1n) is 10.3. The van der Waals surface area contributed by atoms with Crippen molar-refractivity contribution in [3.8, 4) is 0 Å². The van der Waals surface area contributed by atoms with E-state index in [0.29, 0.717) is 5.56 Å². The van der Waals surface area contributed by atoms with Crippen LogP contribution in [0.1, 0.15) is 31.0 Å². The minimum absolute atomic E-state index is 0.0312. The van der Waals surface area contributed by atoms with Crippen LogP contribution < -0.4 is 4.72 Å². The second kappa shape index (κ2) is 10.3. The standard InChI is InChI=1S/C23H28NO6PS/c1-4-29-31(26,30-5-2)23(25)22(20-13-12-18-8-6-7-9-19(18)16-20)24-32(27,28)21-14-10-17(3)11-15-21/h6-16,22-25H,4-5H2,1-3H3/t22-,23-/m0/s1. The van der Waals surface area contributed by atoms with Crippen LogP contribution in [0.15, 0.2) is 71.6 Å². The predicted molar refractivity (Wildman–Crippen MR) is 125 cm³/mol. The van der Waals surface area contributed by atoms with Crippen LogP contribution in [0.3, 0.4) is 0 Å². The molecule has 3 aromatic rings. The summed E-state index contributed by atoms with van der Waals surface area (Å²) in [5.74, 6) is -1.76. The Balaban J connectivity index is 2.09. The molecule has 0 aliphatic rings. The number of hydrogen-bond donors (Lipinski definition) is 2. The average molecular weight is 478 g/mol. The second-order valence-electron chi connectivity index (χ2n) is 7.31. The molecular formula is C23H28NO6PS. The molecule has 0 bridgehead atoms. The Bertz CT molecular complexity index is 1200. The number of benzene rings is 3. The quantitative estimate of drug-likeness (QED) is 0.409. The van der Waals surface area contributed by atoms with Gasteiger partial charge in [-0.1, -0.05) is 54.1 Å². The third-order valence-corrected chi connectivity index (χ3v) is 8.63. The first kappa shape index (κ1) is 24.6. The molecule has 172 valence electrons. The van der Waals surface area contributed by atoms with E-state index in [1.807, 2.05) is 37.3 Å². The molecule has 0 amide bonds. The Morgan fingerprint density at radius 3 is 2.12 bits per heavy atom. The summed E-state index contributed by atoms with van der Waals surface area (Å²) in [5, 5.41) is 12.9. The first-order chi connectivity index (χ1) is 15.2. The summed E-state index contributed by atoms with van der Waals surface area (Å²) in [6.45, 7) is 5.17. The third kappa shape index (κ3) is 5.46. The van der Waals surface area contributed by atoms with Crippen molar-refractivity contribution in [2.45, 2.75) is 37.6 Å². The monoisotopic (exact) mass is 477 g/mol. The Hall–Kier alpha value is -2.06. The SMILES string of the molecule is CCOP(=O)(OCC)[C@H](O)[C@@H](NS(=O)(=O)c1ccc(C)cc1)c1ccc2ccccc2c1. The summed E-state index contributed by atoms with van der Waals surface area (Å²) >= 11 is 0. The van der Waals surface area contributed by atoms with E-state index >= 15 is 0 Å². The van der Waals surface area contributed by atoms with Gasteiger partial charge in [-0.05, 0) is 55.3 Å². The van der Waals surface area contributed by atoms with Crippen molar-refractivity contribution >= 4 is 28.4 Å². The van der Waals surface area contributed by atoms with Gasteiger partial charge in [0.2, 0.25) is 10.0 Å². The zero-order valence-corrected chi connectivity index (χ0v) is 20.0. The second-order valence-corrected chi connectivity index (χ2v) is 11.1. The summed E-state index contributed by atoms with van der Waals surface area (Å²) in [7, 11) is -8.10. The highest BCUT2D eigenvalue weighted by molar-refractivity contribution is 7.89. The minimum Gasteiger partial charge on any atom is -0.379 e. The van der Waals surface area contributed by atoms with Gasteiger partial charge < -0.3 is 14.2 Å². The average Bonchev–Trinajstić information content (AvgIpc) is 2.77. The van der Waals surface area contributed by atoms with E-state index in [1.54, 1.807) is 38.1 Å². The van der Waals surface area contributed by atoms with Gasteiger partial charge >= 0.3 is 7.60 Å². The van der Waals surface area contributed by atoms with E-state index in [4.69, 9.17) is 9.05 Å². The van der Waals surface area contributed by atoms with Crippen molar-refractivity contribution in [2.24, 2.45) is 0 Å². The van der Waals surface area contributed by atoms with Gasteiger partial charge in [-0.3, -0.25) is 4.57 Å². The molecule has 9 heteroatoms. The van der Waals surface area contributed by atoms with Crippen LogP contribution in [0.25, 0.3) is 10.8 Å². The molecule has 3 rings (SSSR count). The van der Waals surface area contributed by atoms with Crippen LogP contribution in [0, 0.1) is 6.92 Å². The maximum Gasteiger partial charge on any atom is 0.360 e. The summed E-state index contributed by atoms with van der Waals surface area (Å²) in [5.41, 5.74) is 1.35. The lowest BCUT2D eigenvalue weighted by atomic mass is 10.0. The summed E-state index contributed by atoms with van der Waals surface area (Å²) in [4.78, 5) is 0.0312. The Morgan fingerprint density at radius 1 is 0.938 bits per heavy atom. The molecule has 0 aromatic heterocycles. The molecule has 2 atom stereocenters. The number of hydrogen-bond acceptors (Lipinski definition) is 6. The molecule has 7 nitrogen and oxygen atoms in total. The topological polar surface area (TPSA) is 102 Å². The molecule has 0 aliphatic carbocycles. The first-order valence-corrected chi connectivity index (χ1v) is 13.4. The molecule has 0 saturated carbocycles. The molecule has 0 unspecified atom stereocenters. The molecule has 0 heterocycles. The molecule has 32 heavy (non-hydrogen) atoms. The number of nitrogens with one attached hydrogen (secondary N) is 1. The van der Waals surface area contributed by atoms with Gasteiger partial charge in [0.1, 0.15) is 0 Å². The molecule has 2 N–H and O–H groups in total. The number of sulfonamides is 1. The van der Waals surface area contributed by atoms with E-state index in [-0.39, 0.29) is 18.1 Å². The number of aliphatic hydroxyl groups excluding tert-OH is 1. The molecule has 0 saturated heterocycles. The fraction of sp³-hybridized carbons (Fsp3) is 0.304. The number of aryl methyl sites for hydroxylation is 1. The maximum atomic E-state index is 13.3. The number of fused-ring (bicyclic) bond motifs is 1. The normalized spacial score (nSPS) is 14.4. The van der Waals surface area contributed by atoms with Crippen LogP contribution in [0.4, 0.5) is 0 Å². The van der Waals surface area contributed by atoms with Crippen molar-refractivity contribution in [1.29, 1.82) is 0 Å². The highest BCUT2D eigenvalue weighted by Gasteiger charge is 2.42. The molecule has 0 radical (unpaired) electrons. The lowest BCUT2D eigenvalue weighted by Crippen LogP contribution is -2.37. The lowest BCUT2D eigenvalue weighted by Gasteiger charge is -2.29. The predicted octanol–water partition coefficient (Wildman–Crippen LogP) is 4.75. The van der Waals surface area contributed by atoms with Crippen molar-refractivity contribution in [3.63, 3.8) is 0 Å². The summed E-state index contributed by atoms with van der Waals surface area (Å²) in [6.07, 6.45) is 0. The van der Waals surface area contributed by atoms with Crippen molar-refractivity contribution in [1.82, 2.24) is 4.72 Å². The molecular weight excluding hydrogens is 449 g/mol. The van der Waals surface area contributed by atoms with Gasteiger partial charge in [0.05, 0.1) is 24.2 Å². The van der Waals surface area contributed by atoms with Crippen LogP contribution >= 0.6 is 7.60 Å². The summed E-state index contributed by atoms with van der Waals surface area (Å²) in [6, 6.07) is 17.9. The van der Waals surface area contributed by atoms with Gasteiger partial charge in [-0.15, -0.1) is 0 Å². The van der Waals surface area contributed by atoms with Gasteiger partial charge in [-0.2, -0.15) is 0 Å². The van der Waals surface area contributed by atoms with Crippen LogP contribution in [-0.2, 0) is 23.6 Å². The highest BCUT2D eigenvalue weighted by atomic mass is 32.2. The largest absolute Gasteiger partial charge is 0.379 e. The highest BCUT2D eigenvalue weighted by Crippen LogP contribution is 2.55. The van der Waals surface area contributed by atoms with E-state index < -0.39 is 29.5 Å². The fourth-order valence-electron chi connectivity index (χ4n) is 3.39. The van der Waals surface area contributed by atoms with Crippen molar-refractivity contribution in [3.05, 3.63) is 77.9 Å². The Kier molecular flexibility index (Phi) is 7.88. The zero-order valence-electron chi connectivity index (χ0n) is 18.3. The molecule has 0 aliphatic heterocycles. The molecule has 0 fully saturated rings. The summed E-state index contributed by atoms with van der Waals surface area (Å²) < 4.78 is 52.8. The van der Waals surface area contributed by atoms with Crippen LogP contribution in [-0.4, -0.2) is 32.6 Å². The maximum absolute atomic E-state index is 13.3. The van der Waals surface area contributed by atoms with E-state index in [2.05, 4.69) is 4.72 Å². The minimum atomic E-state index is -4.06. The fourth-order valence-corrected chi connectivity index (χ4v) is 6.43. The molecule has 3 aromatic carbocycles. The zero-order chi connectivity index (χ0) is 23.4. The van der Waals surface area contributed by atoms with Gasteiger partial charge in [0.25, 0.3) is 0 Å². The smallest absolute Gasteiger partial charge is 0.360 e. The van der Waals surface area contributed by atoms with Crippen molar-refractivity contribution in [2.75, 3.05) is 13.2 Å². The van der Waals surface area contributed by atoms with Gasteiger partial charge in [-0.25, -0.2) is 13.1 Å². The van der Waals surface area contributed by atoms with E-state index in [1.165, 1.54) is 12.1 Å². The Labute approximate surface area is 189 Å². The van der Waals surface area contributed by atoms with Crippen molar-refractivity contribution < 1.29 is 27.1 Å². The molecule has 0 spiro atoms. The van der Waals surface area contributed by atoms with Crippen LogP contribution in [0.2, 0.25) is 0 Å². The van der Waals surface area contributed by atoms with Crippen LogP contribution in [0.5, 0.6) is 0 Å². The third-order valence-electron chi connectivity index (χ3n) is 4.99. The van der Waals surface area contributed by atoms with Gasteiger partial charge in [0, 0.05) is 0 Å². The Morgan fingerprint density at radius 2 is 1.53 bits per heavy atom. The number of aliphatic hydroxyl groups is 1. The number of rotatable bonds is 10. The van der Waals surface area contributed by atoms with E-state index in [9.17, 15) is 18.1 Å². The van der Waals surface area contributed by atoms with Gasteiger partial charge in [0.15, 0.2) is 5.85 Å². The lowest BCUT2D eigenvalue weighted by molar-refractivity contribution is 0.130. The van der Waals surface area contributed by atoms with E-state index in [0.717, 1.165) is 16.3 Å².